The molecule has 0 bridgehead atoms. The van der Waals surface area contributed by atoms with Crippen molar-refractivity contribution in [3.8, 4) is 6.07 Å². The number of nitrogens with zero attached hydrogens (tertiary/aromatic N) is 3. The molecule has 2 aromatic rings. The molecule has 3 rings (SSSR count). The Hall–Kier alpha value is -2.38. The van der Waals surface area contributed by atoms with Gasteiger partial charge in [0.15, 0.2) is 0 Å². The van der Waals surface area contributed by atoms with Gasteiger partial charge in [0.2, 0.25) is 0 Å². The molecule has 1 aliphatic rings. The summed E-state index contributed by atoms with van der Waals surface area (Å²) < 4.78 is 13.0. The van der Waals surface area contributed by atoms with Crippen LogP contribution in [0.25, 0.3) is 0 Å². The van der Waals surface area contributed by atoms with E-state index < -0.39 is 0 Å². The Balaban J connectivity index is 1.67. The number of hydrogen-bond donors (Lipinski definition) is 0. The maximum atomic E-state index is 13.0. The van der Waals surface area contributed by atoms with Crippen molar-refractivity contribution >= 4 is 5.69 Å². The molecule has 0 saturated carbocycles. The average molecular weight is 295 g/mol. The zero-order chi connectivity index (χ0) is 15.4. The first-order valence-electron chi connectivity index (χ1n) is 7.47. The highest BCUT2D eigenvalue weighted by Crippen LogP contribution is 2.23. The quantitative estimate of drug-likeness (QED) is 0.871. The average Bonchev–Trinajstić information content (AvgIpc) is 2.59. The smallest absolute Gasteiger partial charge is 0.123 e. The Morgan fingerprint density at radius 2 is 1.55 bits per heavy atom. The van der Waals surface area contributed by atoms with Crippen LogP contribution < -0.4 is 4.90 Å². The summed E-state index contributed by atoms with van der Waals surface area (Å²) in [5, 5.41) is 9.48. The Morgan fingerprint density at radius 1 is 0.909 bits per heavy atom. The highest BCUT2D eigenvalue weighted by molar-refractivity contribution is 5.46. The molecule has 22 heavy (non-hydrogen) atoms. The molecule has 0 radical (unpaired) electrons. The zero-order valence-corrected chi connectivity index (χ0v) is 12.3. The van der Waals surface area contributed by atoms with Crippen LogP contribution in [0.1, 0.15) is 11.6 Å². The molecule has 0 amide bonds. The highest BCUT2D eigenvalue weighted by Gasteiger charge is 2.25. The molecule has 1 unspecified atom stereocenters. The van der Waals surface area contributed by atoms with Crippen molar-refractivity contribution in [2.75, 3.05) is 31.1 Å². The lowest BCUT2D eigenvalue weighted by atomic mass is 10.1. The molecule has 0 aliphatic carbocycles. The molecule has 3 nitrogen and oxygen atoms in total. The summed E-state index contributed by atoms with van der Waals surface area (Å²) in [5.41, 5.74) is 2.08. The molecule has 2 aromatic carbocycles. The van der Waals surface area contributed by atoms with E-state index in [-0.39, 0.29) is 11.9 Å². The van der Waals surface area contributed by atoms with Gasteiger partial charge in [0.25, 0.3) is 0 Å². The fourth-order valence-electron chi connectivity index (χ4n) is 2.89. The molecule has 1 aliphatic heterocycles. The van der Waals surface area contributed by atoms with E-state index in [1.54, 1.807) is 12.1 Å². The lowest BCUT2D eigenvalue weighted by Crippen LogP contribution is -2.47. The first kappa shape index (κ1) is 14.6. The monoisotopic (exact) mass is 295 g/mol. The standard InChI is InChI=1S/C18H18FN3/c19-16-8-6-15(7-9-16)18(14-20)22-12-10-21(11-13-22)17-4-2-1-3-5-17/h1-9,18H,10-13H2. The summed E-state index contributed by atoms with van der Waals surface area (Å²) in [6.45, 7) is 3.43. The van der Waals surface area contributed by atoms with Crippen LogP contribution in [0.5, 0.6) is 0 Å². The zero-order valence-electron chi connectivity index (χ0n) is 12.3. The second kappa shape index (κ2) is 6.59. The number of rotatable bonds is 3. The Labute approximate surface area is 130 Å². The van der Waals surface area contributed by atoms with Gasteiger partial charge in [-0.3, -0.25) is 4.90 Å². The summed E-state index contributed by atoms with van der Waals surface area (Å²) in [6, 6.07) is 18.6. The van der Waals surface area contributed by atoms with Crippen LogP contribution in [-0.2, 0) is 0 Å². The number of piperazine rings is 1. The molecular weight excluding hydrogens is 277 g/mol. The maximum Gasteiger partial charge on any atom is 0.123 e. The molecular formula is C18H18FN3. The van der Waals surface area contributed by atoms with Gasteiger partial charge in [-0.1, -0.05) is 30.3 Å². The largest absolute Gasteiger partial charge is 0.369 e. The predicted molar refractivity (Wildman–Crippen MR) is 85.0 cm³/mol. The van der Waals surface area contributed by atoms with E-state index in [4.69, 9.17) is 0 Å². The second-order valence-corrected chi connectivity index (χ2v) is 5.44. The minimum Gasteiger partial charge on any atom is -0.369 e. The van der Waals surface area contributed by atoms with Crippen LogP contribution in [-0.4, -0.2) is 31.1 Å². The molecule has 1 saturated heterocycles. The predicted octanol–water partition coefficient (Wildman–Crippen LogP) is 3.21. The van der Waals surface area contributed by atoms with E-state index in [1.807, 2.05) is 18.2 Å². The Kier molecular flexibility index (Phi) is 4.36. The molecule has 112 valence electrons. The normalized spacial score (nSPS) is 17.0. The molecule has 0 N–H and O–H groups in total. The molecule has 0 spiro atoms. The third-order valence-electron chi connectivity index (χ3n) is 4.11. The van der Waals surface area contributed by atoms with Gasteiger partial charge < -0.3 is 4.90 Å². The molecule has 1 heterocycles. The summed E-state index contributed by atoms with van der Waals surface area (Å²) in [6.07, 6.45) is 0. The third-order valence-corrected chi connectivity index (χ3v) is 4.11. The SMILES string of the molecule is N#CC(c1ccc(F)cc1)N1CCN(c2ccccc2)CC1. The number of nitriles is 1. The van der Waals surface area contributed by atoms with E-state index >= 15 is 0 Å². The summed E-state index contributed by atoms with van der Waals surface area (Å²) in [7, 11) is 0. The van der Waals surface area contributed by atoms with Crippen LogP contribution in [0.2, 0.25) is 0 Å². The van der Waals surface area contributed by atoms with Crippen LogP contribution in [0.15, 0.2) is 54.6 Å². The van der Waals surface area contributed by atoms with Crippen molar-refractivity contribution in [2.45, 2.75) is 6.04 Å². The van der Waals surface area contributed by atoms with Crippen LogP contribution >= 0.6 is 0 Å². The number of anilines is 1. The van der Waals surface area contributed by atoms with Gasteiger partial charge in [0, 0.05) is 31.9 Å². The Bertz CT molecular complexity index is 640. The lowest BCUT2D eigenvalue weighted by molar-refractivity contribution is 0.222. The van der Waals surface area contributed by atoms with Crippen molar-refractivity contribution in [1.82, 2.24) is 4.90 Å². The summed E-state index contributed by atoms with van der Waals surface area (Å²) in [4.78, 5) is 4.49. The fourth-order valence-corrected chi connectivity index (χ4v) is 2.89. The molecule has 1 atom stereocenters. The van der Waals surface area contributed by atoms with Gasteiger partial charge in [0.05, 0.1) is 6.07 Å². The highest BCUT2D eigenvalue weighted by atomic mass is 19.1. The van der Waals surface area contributed by atoms with Gasteiger partial charge in [-0.05, 0) is 29.8 Å². The number of benzene rings is 2. The van der Waals surface area contributed by atoms with Crippen molar-refractivity contribution in [2.24, 2.45) is 0 Å². The lowest BCUT2D eigenvalue weighted by Gasteiger charge is -2.38. The van der Waals surface area contributed by atoms with E-state index in [2.05, 4.69) is 28.0 Å². The van der Waals surface area contributed by atoms with Gasteiger partial charge in [-0.15, -0.1) is 0 Å². The number of halogens is 1. The topological polar surface area (TPSA) is 30.3 Å². The van der Waals surface area contributed by atoms with E-state index in [9.17, 15) is 9.65 Å². The van der Waals surface area contributed by atoms with Gasteiger partial charge in [0.1, 0.15) is 11.9 Å². The summed E-state index contributed by atoms with van der Waals surface area (Å²) in [5.74, 6) is -0.269. The maximum absolute atomic E-state index is 13.0. The van der Waals surface area contributed by atoms with Crippen molar-refractivity contribution in [3.63, 3.8) is 0 Å². The van der Waals surface area contributed by atoms with E-state index in [1.165, 1.54) is 17.8 Å². The van der Waals surface area contributed by atoms with Crippen LogP contribution in [0.4, 0.5) is 10.1 Å². The van der Waals surface area contributed by atoms with Gasteiger partial charge in [-0.2, -0.15) is 5.26 Å². The van der Waals surface area contributed by atoms with Crippen molar-refractivity contribution < 1.29 is 4.39 Å². The van der Waals surface area contributed by atoms with Crippen molar-refractivity contribution in [3.05, 3.63) is 66.0 Å². The fraction of sp³-hybridized carbons (Fsp3) is 0.278. The van der Waals surface area contributed by atoms with Crippen LogP contribution in [0, 0.1) is 17.1 Å². The first-order valence-corrected chi connectivity index (χ1v) is 7.47. The minimum atomic E-state index is -0.307. The van der Waals surface area contributed by atoms with Gasteiger partial charge in [-0.25, -0.2) is 4.39 Å². The molecule has 1 fully saturated rings. The number of hydrogen-bond acceptors (Lipinski definition) is 3. The number of para-hydroxylation sites is 1. The third kappa shape index (κ3) is 3.10. The Morgan fingerprint density at radius 3 is 2.14 bits per heavy atom. The summed E-state index contributed by atoms with van der Waals surface area (Å²) >= 11 is 0. The second-order valence-electron chi connectivity index (χ2n) is 5.44. The first-order chi connectivity index (χ1) is 10.8. The van der Waals surface area contributed by atoms with E-state index in [0.717, 1.165) is 31.7 Å². The van der Waals surface area contributed by atoms with Crippen LogP contribution in [0.3, 0.4) is 0 Å². The molecule has 4 heteroatoms. The van der Waals surface area contributed by atoms with E-state index in [0.29, 0.717) is 0 Å². The van der Waals surface area contributed by atoms with Gasteiger partial charge >= 0.3 is 0 Å². The van der Waals surface area contributed by atoms with Crippen molar-refractivity contribution in [1.29, 1.82) is 5.26 Å². The minimum absolute atomic E-state index is 0.269. The molecule has 0 aromatic heterocycles.